The summed E-state index contributed by atoms with van der Waals surface area (Å²) in [5.41, 5.74) is 3.89. The summed E-state index contributed by atoms with van der Waals surface area (Å²) in [6, 6.07) is 2.16. The quantitative estimate of drug-likeness (QED) is 0.867. The number of nitrogens with zero attached hydrogens (tertiary/aromatic N) is 1. The maximum absolute atomic E-state index is 12.7. The lowest BCUT2D eigenvalue weighted by atomic mass is 9.94. The SMILES string of the molecule is CCNCc1cc2c(n(CCC(C)C)c1=O)CCCC2. The molecule has 1 aliphatic carbocycles. The first-order valence-electron chi connectivity index (χ1n) is 8.08. The standard InChI is InChI=1S/C17H28N2O/c1-4-18-12-15-11-14-7-5-6-8-16(14)19(17(15)20)10-9-13(2)3/h11,13,18H,4-10,12H2,1-3H3. The number of nitrogens with one attached hydrogen (secondary N) is 1. The van der Waals surface area contributed by atoms with Crippen LogP contribution in [0.25, 0.3) is 0 Å². The Morgan fingerprint density at radius 2 is 2.05 bits per heavy atom. The average molecular weight is 276 g/mol. The summed E-state index contributed by atoms with van der Waals surface area (Å²) >= 11 is 0. The van der Waals surface area contributed by atoms with Crippen LogP contribution in [0.1, 0.15) is 56.9 Å². The Hall–Kier alpha value is -1.09. The summed E-state index contributed by atoms with van der Waals surface area (Å²) in [6.07, 6.45) is 5.77. The Morgan fingerprint density at radius 1 is 1.30 bits per heavy atom. The lowest BCUT2D eigenvalue weighted by Gasteiger charge is -2.23. The highest BCUT2D eigenvalue weighted by Crippen LogP contribution is 2.21. The van der Waals surface area contributed by atoms with Crippen molar-refractivity contribution < 1.29 is 0 Å². The van der Waals surface area contributed by atoms with E-state index in [0.29, 0.717) is 12.5 Å². The van der Waals surface area contributed by atoms with E-state index < -0.39 is 0 Å². The molecule has 0 aromatic carbocycles. The van der Waals surface area contributed by atoms with E-state index in [0.717, 1.165) is 37.9 Å². The molecule has 0 saturated heterocycles. The van der Waals surface area contributed by atoms with Crippen LogP contribution in [-0.4, -0.2) is 11.1 Å². The van der Waals surface area contributed by atoms with Crippen molar-refractivity contribution >= 4 is 0 Å². The lowest BCUT2D eigenvalue weighted by Crippen LogP contribution is -2.32. The molecule has 1 N–H and O–H groups in total. The Kier molecular flexibility index (Phi) is 5.41. The normalized spacial score (nSPS) is 14.6. The van der Waals surface area contributed by atoms with Gasteiger partial charge in [0.15, 0.2) is 0 Å². The van der Waals surface area contributed by atoms with Gasteiger partial charge in [0.05, 0.1) is 0 Å². The predicted molar refractivity (Wildman–Crippen MR) is 84.2 cm³/mol. The van der Waals surface area contributed by atoms with Crippen LogP contribution in [0, 0.1) is 5.92 Å². The summed E-state index contributed by atoms with van der Waals surface area (Å²) in [4.78, 5) is 12.7. The molecule has 0 aliphatic heterocycles. The van der Waals surface area contributed by atoms with Gasteiger partial charge in [0.1, 0.15) is 0 Å². The van der Waals surface area contributed by atoms with E-state index in [1.165, 1.54) is 24.1 Å². The largest absolute Gasteiger partial charge is 0.313 e. The van der Waals surface area contributed by atoms with Crippen LogP contribution < -0.4 is 10.9 Å². The van der Waals surface area contributed by atoms with E-state index in [1.54, 1.807) is 0 Å². The van der Waals surface area contributed by atoms with Crippen molar-refractivity contribution in [1.29, 1.82) is 0 Å². The van der Waals surface area contributed by atoms with Gasteiger partial charge in [-0.3, -0.25) is 4.79 Å². The summed E-state index contributed by atoms with van der Waals surface area (Å²) < 4.78 is 2.07. The monoisotopic (exact) mass is 276 g/mol. The Morgan fingerprint density at radius 3 is 2.75 bits per heavy atom. The molecule has 0 amide bonds. The molecule has 1 aromatic heterocycles. The van der Waals surface area contributed by atoms with Crippen LogP contribution in [0.3, 0.4) is 0 Å². The molecule has 0 atom stereocenters. The third kappa shape index (κ3) is 3.51. The molecule has 0 saturated carbocycles. The summed E-state index contributed by atoms with van der Waals surface area (Å²) in [5, 5.41) is 3.29. The van der Waals surface area contributed by atoms with Gasteiger partial charge in [-0.05, 0) is 56.2 Å². The second kappa shape index (κ2) is 7.07. The van der Waals surface area contributed by atoms with Crippen molar-refractivity contribution in [3.05, 3.63) is 33.2 Å². The molecule has 0 radical (unpaired) electrons. The number of fused-ring (bicyclic) bond motifs is 1. The van der Waals surface area contributed by atoms with E-state index >= 15 is 0 Å². The van der Waals surface area contributed by atoms with Crippen molar-refractivity contribution in [3.8, 4) is 0 Å². The first kappa shape index (κ1) is 15.3. The molecule has 2 rings (SSSR count). The number of hydrogen-bond donors (Lipinski definition) is 1. The van der Waals surface area contributed by atoms with E-state index in [1.807, 2.05) is 0 Å². The number of aromatic nitrogens is 1. The van der Waals surface area contributed by atoms with Crippen LogP contribution in [0.15, 0.2) is 10.9 Å². The maximum atomic E-state index is 12.7. The molecule has 0 unspecified atom stereocenters. The maximum Gasteiger partial charge on any atom is 0.255 e. The molecule has 0 fully saturated rings. The van der Waals surface area contributed by atoms with Crippen molar-refractivity contribution in [3.63, 3.8) is 0 Å². The van der Waals surface area contributed by atoms with Crippen molar-refractivity contribution in [2.24, 2.45) is 5.92 Å². The van der Waals surface area contributed by atoms with Crippen LogP contribution in [0.4, 0.5) is 0 Å². The van der Waals surface area contributed by atoms with Gasteiger partial charge in [0.25, 0.3) is 5.56 Å². The molecule has 0 spiro atoms. The fourth-order valence-corrected chi connectivity index (χ4v) is 2.95. The average Bonchev–Trinajstić information content (AvgIpc) is 2.44. The molecule has 3 heteroatoms. The molecule has 3 nitrogen and oxygen atoms in total. The number of hydrogen-bond acceptors (Lipinski definition) is 2. The summed E-state index contributed by atoms with van der Waals surface area (Å²) in [7, 11) is 0. The molecule has 1 aliphatic rings. The Labute approximate surface area is 122 Å². The Balaban J connectivity index is 2.36. The van der Waals surface area contributed by atoms with Crippen LogP contribution in [0.2, 0.25) is 0 Å². The van der Waals surface area contributed by atoms with Gasteiger partial charge in [0, 0.05) is 24.3 Å². The van der Waals surface area contributed by atoms with Crippen LogP contribution in [-0.2, 0) is 25.9 Å². The molecule has 20 heavy (non-hydrogen) atoms. The number of rotatable bonds is 6. The summed E-state index contributed by atoms with van der Waals surface area (Å²) in [5.74, 6) is 0.638. The highest BCUT2D eigenvalue weighted by atomic mass is 16.1. The highest BCUT2D eigenvalue weighted by Gasteiger charge is 2.17. The van der Waals surface area contributed by atoms with E-state index in [9.17, 15) is 4.79 Å². The number of aryl methyl sites for hydroxylation is 1. The molecule has 1 aromatic rings. The fourth-order valence-electron chi connectivity index (χ4n) is 2.95. The van der Waals surface area contributed by atoms with Crippen molar-refractivity contribution in [2.75, 3.05) is 6.54 Å². The number of pyridine rings is 1. The highest BCUT2D eigenvalue weighted by molar-refractivity contribution is 5.29. The summed E-state index contributed by atoms with van der Waals surface area (Å²) in [6.45, 7) is 9.00. The van der Waals surface area contributed by atoms with Gasteiger partial charge >= 0.3 is 0 Å². The van der Waals surface area contributed by atoms with Gasteiger partial charge in [0.2, 0.25) is 0 Å². The van der Waals surface area contributed by atoms with Gasteiger partial charge < -0.3 is 9.88 Å². The molecular formula is C17H28N2O. The van der Waals surface area contributed by atoms with E-state index in [-0.39, 0.29) is 5.56 Å². The lowest BCUT2D eigenvalue weighted by molar-refractivity contribution is 0.481. The van der Waals surface area contributed by atoms with E-state index in [2.05, 4.69) is 36.7 Å². The molecule has 1 heterocycles. The Bertz CT molecular complexity index is 502. The smallest absolute Gasteiger partial charge is 0.255 e. The second-order valence-corrected chi connectivity index (χ2v) is 6.27. The zero-order valence-corrected chi connectivity index (χ0v) is 13.2. The first-order valence-corrected chi connectivity index (χ1v) is 8.08. The topological polar surface area (TPSA) is 34.0 Å². The molecular weight excluding hydrogens is 248 g/mol. The fraction of sp³-hybridized carbons (Fsp3) is 0.706. The second-order valence-electron chi connectivity index (χ2n) is 6.27. The van der Waals surface area contributed by atoms with Crippen molar-refractivity contribution in [2.45, 2.75) is 66.0 Å². The minimum atomic E-state index is 0.229. The van der Waals surface area contributed by atoms with Gasteiger partial charge in [-0.25, -0.2) is 0 Å². The van der Waals surface area contributed by atoms with E-state index in [4.69, 9.17) is 0 Å². The third-order valence-electron chi connectivity index (χ3n) is 4.17. The predicted octanol–water partition coefficient (Wildman–Crippen LogP) is 2.88. The first-order chi connectivity index (χ1) is 9.63. The molecule has 0 bridgehead atoms. The zero-order valence-electron chi connectivity index (χ0n) is 13.2. The van der Waals surface area contributed by atoms with Crippen LogP contribution in [0.5, 0.6) is 0 Å². The van der Waals surface area contributed by atoms with Crippen molar-refractivity contribution in [1.82, 2.24) is 9.88 Å². The third-order valence-corrected chi connectivity index (χ3v) is 4.17. The minimum Gasteiger partial charge on any atom is -0.313 e. The molecule has 112 valence electrons. The van der Waals surface area contributed by atoms with Crippen LogP contribution >= 0.6 is 0 Å². The van der Waals surface area contributed by atoms with Gasteiger partial charge in [-0.1, -0.05) is 20.8 Å². The van der Waals surface area contributed by atoms with Gasteiger partial charge in [-0.15, -0.1) is 0 Å². The van der Waals surface area contributed by atoms with Gasteiger partial charge in [-0.2, -0.15) is 0 Å². The zero-order chi connectivity index (χ0) is 14.5. The minimum absolute atomic E-state index is 0.229.